The lowest BCUT2D eigenvalue weighted by Gasteiger charge is -2.33. The van der Waals surface area contributed by atoms with Crippen molar-refractivity contribution in [3.8, 4) is 0 Å². The van der Waals surface area contributed by atoms with Gasteiger partial charge in [-0.2, -0.15) is 0 Å². The third-order valence-corrected chi connectivity index (χ3v) is 5.01. The first kappa shape index (κ1) is 17.6. The predicted octanol–water partition coefficient (Wildman–Crippen LogP) is 3.28. The number of hydrogen-bond donors (Lipinski definition) is 1. The lowest BCUT2D eigenvalue weighted by molar-refractivity contribution is -0.125. The molecule has 5 heteroatoms. The van der Waals surface area contributed by atoms with E-state index in [0.717, 1.165) is 12.8 Å². The van der Waals surface area contributed by atoms with E-state index in [1.165, 1.54) is 22.5 Å². The third kappa shape index (κ3) is 4.36. The molecule has 1 aliphatic heterocycles. The van der Waals surface area contributed by atoms with E-state index in [1.807, 2.05) is 6.08 Å². The Hall–Kier alpha value is -1.78. The topological polar surface area (TPSA) is 60.9 Å². The molecule has 2 rings (SSSR count). The molecule has 0 aromatic heterocycles. The standard InChI is InChI=1S/C18H28N2O3/c1-14-6-4-9-18(2,3)15(14)7-8-16(21)19-10-5-11-20(13-12-19)17(22)23/h7-8H,4-6,9-13H2,1-3H3,(H,22,23). The summed E-state index contributed by atoms with van der Waals surface area (Å²) in [4.78, 5) is 26.6. The van der Waals surface area contributed by atoms with E-state index in [2.05, 4.69) is 20.8 Å². The van der Waals surface area contributed by atoms with Crippen LogP contribution in [0.2, 0.25) is 0 Å². The highest BCUT2D eigenvalue weighted by Gasteiger charge is 2.27. The van der Waals surface area contributed by atoms with Gasteiger partial charge < -0.3 is 14.9 Å². The number of carboxylic acid groups (broad SMARTS) is 1. The zero-order valence-electron chi connectivity index (χ0n) is 14.5. The molecule has 1 saturated heterocycles. The number of rotatable bonds is 2. The first-order chi connectivity index (χ1) is 10.8. The van der Waals surface area contributed by atoms with Crippen molar-refractivity contribution in [2.24, 2.45) is 5.41 Å². The van der Waals surface area contributed by atoms with Crippen molar-refractivity contribution in [3.05, 3.63) is 23.3 Å². The van der Waals surface area contributed by atoms with E-state index in [4.69, 9.17) is 5.11 Å². The number of nitrogens with zero attached hydrogens (tertiary/aromatic N) is 2. The number of allylic oxidation sites excluding steroid dienone is 3. The lowest BCUT2D eigenvalue weighted by atomic mass is 9.72. The molecule has 0 aromatic carbocycles. The summed E-state index contributed by atoms with van der Waals surface area (Å²) in [5.74, 6) is -0.0149. The zero-order chi connectivity index (χ0) is 17.0. The molecule has 2 amide bonds. The Kier molecular flexibility index (Phi) is 5.50. The smallest absolute Gasteiger partial charge is 0.407 e. The Balaban J connectivity index is 2.02. The molecule has 0 aromatic rings. The molecule has 1 aliphatic carbocycles. The molecule has 23 heavy (non-hydrogen) atoms. The monoisotopic (exact) mass is 320 g/mol. The summed E-state index contributed by atoms with van der Waals surface area (Å²) < 4.78 is 0. The van der Waals surface area contributed by atoms with E-state index >= 15 is 0 Å². The lowest BCUT2D eigenvalue weighted by Crippen LogP contribution is -2.36. The van der Waals surface area contributed by atoms with Gasteiger partial charge in [0, 0.05) is 32.3 Å². The largest absolute Gasteiger partial charge is 0.465 e. The molecular formula is C18H28N2O3. The van der Waals surface area contributed by atoms with Crippen molar-refractivity contribution in [2.75, 3.05) is 26.2 Å². The van der Waals surface area contributed by atoms with Crippen molar-refractivity contribution in [1.29, 1.82) is 0 Å². The minimum absolute atomic E-state index is 0.0149. The van der Waals surface area contributed by atoms with Gasteiger partial charge in [0.05, 0.1) is 0 Å². The molecule has 0 atom stereocenters. The average molecular weight is 320 g/mol. The molecule has 0 spiro atoms. The molecule has 0 radical (unpaired) electrons. The Morgan fingerprint density at radius 1 is 1.09 bits per heavy atom. The minimum atomic E-state index is -0.903. The van der Waals surface area contributed by atoms with Crippen LogP contribution in [-0.4, -0.2) is 53.1 Å². The second kappa shape index (κ2) is 7.20. The molecule has 0 bridgehead atoms. The van der Waals surface area contributed by atoms with E-state index in [1.54, 1.807) is 11.0 Å². The van der Waals surface area contributed by atoms with Gasteiger partial charge in [0.15, 0.2) is 0 Å². The molecule has 1 heterocycles. The number of carbonyl (C=O) groups excluding carboxylic acids is 1. The maximum absolute atomic E-state index is 12.4. The van der Waals surface area contributed by atoms with Gasteiger partial charge >= 0.3 is 6.09 Å². The molecule has 2 aliphatic rings. The third-order valence-electron chi connectivity index (χ3n) is 5.01. The number of hydrogen-bond acceptors (Lipinski definition) is 2. The van der Waals surface area contributed by atoms with Gasteiger partial charge in [0.25, 0.3) is 0 Å². The summed E-state index contributed by atoms with van der Waals surface area (Å²) in [6.07, 6.45) is 6.91. The second-order valence-corrected chi connectivity index (χ2v) is 7.21. The summed E-state index contributed by atoms with van der Waals surface area (Å²) in [7, 11) is 0. The molecule has 128 valence electrons. The molecular weight excluding hydrogens is 292 g/mol. The maximum Gasteiger partial charge on any atom is 0.407 e. The first-order valence-electron chi connectivity index (χ1n) is 8.46. The highest BCUT2D eigenvalue weighted by atomic mass is 16.4. The summed E-state index contributed by atoms with van der Waals surface area (Å²) in [5.41, 5.74) is 2.77. The van der Waals surface area contributed by atoms with E-state index < -0.39 is 6.09 Å². The molecule has 0 unspecified atom stereocenters. The normalized spacial score (nSPS) is 22.4. The summed E-state index contributed by atoms with van der Waals surface area (Å²) in [6.45, 7) is 8.60. The van der Waals surface area contributed by atoms with E-state index in [0.29, 0.717) is 32.6 Å². The summed E-state index contributed by atoms with van der Waals surface area (Å²) in [6, 6.07) is 0. The zero-order valence-corrected chi connectivity index (χ0v) is 14.5. The van der Waals surface area contributed by atoms with Crippen molar-refractivity contribution in [2.45, 2.75) is 46.5 Å². The fourth-order valence-corrected chi connectivity index (χ4v) is 3.60. The van der Waals surface area contributed by atoms with Crippen LogP contribution in [0.1, 0.15) is 46.5 Å². The summed E-state index contributed by atoms with van der Waals surface area (Å²) in [5, 5.41) is 9.05. The summed E-state index contributed by atoms with van der Waals surface area (Å²) >= 11 is 0. The van der Waals surface area contributed by atoms with Crippen molar-refractivity contribution < 1.29 is 14.7 Å². The van der Waals surface area contributed by atoms with Gasteiger partial charge in [0.1, 0.15) is 0 Å². The predicted molar refractivity (Wildman–Crippen MR) is 90.3 cm³/mol. The van der Waals surface area contributed by atoms with Crippen molar-refractivity contribution in [1.82, 2.24) is 9.80 Å². The SMILES string of the molecule is CC1=C(C=CC(=O)N2CCCN(C(=O)O)CC2)C(C)(C)CCC1. The fourth-order valence-electron chi connectivity index (χ4n) is 3.60. The van der Waals surface area contributed by atoms with Crippen LogP contribution in [0.15, 0.2) is 23.3 Å². The van der Waals surface area contributed by atoms with E-state index in [-0.39, 0.29) is 11.3 Å². The minimum Gasteiger partial charge on any atom is -0.465 e. The molecule has 1 N–H and O–H groups in total. The van der Waals surface area contributed by atoms with Gasteiger partial charge in [-0.1, -0.05) is 25.5 Å². The Morgan fingerprint density at radius 3 is 2.39 bits per heavy atom. The van der Waals surface area contributed by atoms with Crippen LogP contribution in [0.3, 0.4) is 0 Å². The Morgan fingerprint density at radius 2 is 1.74 bits per heavy atom. The van der Waals surface area contributed by atoms with Crippen molar-refractivity contribution in [3.63, 3.8) is 0 Å². The van der Waals surface area contributed by atoms with Crippen LogP contribution < -0.4 is 0 Å². The molecule has 5 nitrogen and oxygen atoms in total. The van der Waals surface area contributed by atoms with Gasteiger partial charge in [0.2, 0.25) is 5.91 Å². The van der Waals surface area contributed by atoms with Crippen LogP contribution in [0.5, 0.6) is 0 Å². The van der Waals surface area contributed by atoms with Gasteiger partial charge in [-0.25, -0.2) is 4.79 Å². The van der Waals surface area contributed by atoms with Crippen LogP contribution in [-0.2, 0) is 4.79 Å². The first-order valence-corrected chi connectivity index (χ1v) is 8.46. The van der Waals surface area contributed by atoms with Crippen LogP contribution in [0.4, 0.5) is 4.79 Å². The van der Waals surface area contributed by atoms with Crippen LogP contribution in [0, 0.1) is 5.41 Å². The number of amides is 2. The Bertz CT molecular complexity index is 534. The molecule has 0 saturated carbocycles. The quantitative estimate of drug-likeness (QED) is 0.794. The number of carbonyl (C=O) groups is 2. The van der Waals surface area contributed by atoms with E-state index in [9.17, 15) is 9.59 Å². The van der Waals surface area contributed by atoms with Crippen molar-refractivity contribution >= 4 is 12.0 Å². The van der Waals surface area contributed by atoms with Gasteiger partial charge in [-0.15, -0.1) is 0 Å². The van der Waals surface area contributed by atoms with Crippen LogP contribution in [0.25, 0.3) is 0 Å². The molecule has 1 fully saturated rings. The van der Waals surface area contributed by atoms with Gasteiger partial charge in [-0.3, -0.25) is 4.79 Å². The van der Waals surface area contributed by atoms with Crippen LogP contribution >= 0.6 is 0 Å². The Labute approximate surface area is 138 Å². The average Bonchev–Trinajstić information content (AvgIpc) is 2.71. The van der Waals surface area contributed by atoms with Gasteiger partial charge in [-0.05, 0) is 43.6 Å². The highest BCUT2D eigenvalue weighted by Crippen LogP contribution is 2.40. The second-order valence-electron chi connectivity index (χ2n) is 7.21. The maximum atomic E-state index is 12.4. The highest BCUT2D eigenvalue weighted by molar-refractivity contribution is 5.88. The fraction of sp³-hybridized carbons (Fsp3) is 0.667.